The Morgan fingerprint density at radius 3 is 2.29 bits per heavy atom. The molecule has 1 heterocycles. The molecule has 0 atom stereocenters. The van der Waals surface area contributed by atoms with Crippen LogP contribution in [-0.4, -0.2) is 9.13 Å². The highest BCUT2D eigenvalue weighted by Crippen LogP contribution is 2.23. The maximum absolute atomic E-state index is 13.3. The number of nitrogens with zero attached hydrogens (tertiary/aromatic N) is 2. The Bertz CT molecular complexity index is 1310. The third-order valence-electron chi connectivity index (χ3n) is 4.67. The molecule has 0 aliphatic carbocycles. The van der Waals surface area contributed by atoms with Crippen LogP contribution in [0.3, 0.4) is 0 Å². The van der Waals surface area contributed by atoms with Crippen LogP contribution in [0.25, 0.3) is 16.6 Å². The Morgan fingerprint density at radius 2 is 1.57 bits per heavy atom. The van der Waals surface area contributed by atoms with Gasteiger partial charge in [-0.15, -0.1) is 0 Å². The largest absolute Gasteiger partial charge is 0.336 e. The quantitative estimate of drug-likeness (QED) is 0.486. The molecule has 6 heteroatoms. The number of aromatic nitrogens is 2. The van der Waals surface area contributed by atoms with Crippen molar-refractivity contribution in [2.75, 3.05) is 0 Å². The fourth-order valence-electron chi connectivity index (χ4n) is 3.20. The molecule has 0 fully saturated rings. The van der Waals surface area contributed by atoms with Gasteiger partial charge in [-0.05, 0) is 42.8 Å². The van der Waals surface area contributed by atoms with E-state index in [0.29, 0.717) is 28.2 Å². The lowest BCUT2D eigenvalue weighted by Gasteiger charge is -2.15. The van der Waals surface area contributed by atoms with Crippen molar-refractivity contribution in [3.63, 3.8) is 0 Å². The normalized spacial score (nSPS) is 11.1. The summed E-state index contributed by atoms with van der Waals surface area (Å²) in [7, 11) is 0. The van der Waals surface area contributed by atoms with Crippen LogP contribution in [0, 0.1) is 6.92 Å². The molecule has 4 nitrogen and oxygen atoms in total. The van der Waals surface area contributed by atoms with Crippen molar-refractivity contribution in [2.24, 2.45) is 0 Å². The van der Waals surface area contributed by atoms with Crippen molar-refractivity contribution >= 4 is 34.1 Å². The minimum atomic E-state index is -0.428. The molecule has 0 saturated carbocycles. The highest BCUT2D eigenvalue weighted by Gasteiger charge is 2.15. The van der Waals surface area contributed by atoms with Gasteiger partial charge in [-0.25, -0.2) is 9.36 Å². The summed E-state index contributed by atoms with van der Waals surface area (Å²) < 4.78 is 2.74. The molecule has 4 aromatic rings. The van der Waals surface area contributed by atoms with Crippen LogP contribution >= 0.6 is 23.2 Å². The van der Waals surface area contributed by atoms with Crippen LogP contribution in [0.4, 0.5) is 0 Å². The summed E-state index contributed by atoms with van der Waals surface area (Å²) in [5.74, 6) is 0. The lowest BCUT2D eigenvalue weighted by Crippen LogP contribution is -2.39. The van der Waals surface area contributed by atoms with Crippen LogP contribution in [0.1, 0.15) is 11.1 Å². The van der Waals surface area contributed by atoms with Crippen LogP contribution < -0.4 is 11.2 Å². The van der Waals surface area contributed by atoms with Gasteiger partial charge in [0.05, 0.1) is 33.2 Å². The molecular weight excluding hydrogens is 395 g/mol. The number of hydrogen-bond donors (Lipinski definition) is 0. The van der Waals surface area contributed by atoms with Gasteiger partial charge < -0.3 is 0 Å². The highest BCUT2D eigenvalue weighted by atomic mass is 35.5. The summed E-state index contributed by atoms with van der Waals surface area (Å²) in [5, 5.41) is 1.10. The van der Waals surface area contributed by atoms with E-state index in [9.17, 15) is 9.59 Å². The Labute approximate surface area is 171 Å². The lowest BCUT2D eigenvalue weighted by molar-refractivity contribution is 0.714. The Morgan fingerprint density at radius 1 is 0.857 bits per heavy atom. The lowest BCUT2D eigenvalue weighted by atomic mass is 10.1. The molecule has 0 unspecified atom stereocenters. The van der Waals surface area contributed by atoms with E-state index in [4.69, 9.17) is 23.2 Å². The number of hydrogen-bond acceptors (Lipinski definition) is 2. The summed E-state index contributed by atoms with van der Waals surface area (Å²) in [5.41, 5.74) is 2.27. The summed E-state index contributed by atoms with van der Waals surface area (Å²) in [6.07, 6.45) is 0. The van der Waals surface area contributed by atoms with E-state index in [1.54, 1.807) is 34.9 Å². The summed E-state index contributed by atoms with van der Waals surface area (Å²) in [4.78, 5) is 26.4. The summed E-state index contributed by atoms with van der Waals surface area (Å²) in [6, 6.07) is 19.8. The van der Waals surface area contributed by atoms with E-state index in [0.717, 1.165) is 15.7 Å². The zero-order chi connectivity index (χ0) is 19.8. The van der Waals surface area contributed by atoms with E-state index in [2.05, 4.69) is 0 Å². The third kappa shape index (κ3) is 3.26. The molecule has 0 bridgehead atoms. The molecule has 0 saturated heterocycles. The first-order valence-electron chi connectivity index (χ1n) is 8.71. The predicted octanol–water partition coefficient (Wildman–Crippen LogP) is 4.82. The van der Waals surface area contributed by atoms with Crippen molar-refractivity contribution < 1.29 is 0 Å². The minimum absolute atomic E-state index is 0.281. The van der Waals surface area contributed by atoms with Crippen molar-refractivity contribution in [3.05, 3.63) is 109 Å². The predicted molar refractivity (Wildman–Crippen MR) is 114 cm³/mol. The average molecular weight is 411 g/mol. The van der Waals surface area contributed by atoms with Gasteiger partial charge in [-0.3, -0.25) is 9.36 Å². The second kappa shape index (κ2) is 7.30. The number of fused-ring (bicyclic) bond motifs is 1. The fraction of sp³-hybridized carbons (Fsp3) is 0.0909. The van der Waals surface area contributed by atoms with E-state index in [1.807, 2.05) is 37.3 Å². The van der Waals surface area contributed by atoms with Gasteiger partial charge in [-0.2, -0.15) is 0 Å². The number of aryl methyl sites for hydroxylation is 1. The first-order chi connectivity index (χ1) is 13.5. The summed E-state index contributed by atoms with van der Waals surface area (Å²) >= 11 is 12.1. The zero-order valence-corrected chi connectivity index (χ0v) is 16.5. The zero-order valence-electron chi connectivity index (χ0n) is 15.0. The third-order valence-corrected chi connectivity index (χ3v) is 5.41. The molecule has 3 aromatic carbocycles. The monoisotopic (exact) mass is 410 g/mol. The molecule has 28 heavy (non-hydrogen) atoms. The van der Waals surface area contributed by atoms with Gasteiger partial charge >= 0.3 is 5.69 Å². The molecule has 0 N–H and O–H groups in total. The first-order valence-corrected chi connectivity index (χ1v) is 9.47. The molecule has 0 amide bonds. The second-order valence-electron chi connectivity index (χ2n) is 6.61. The van der Waals surface area contributed by atoms with E-state index < -0.39 is 5.69 Å². The van der Waals surface area contributed by atoms with Crippen molar-refractivity contribution in [3.8, 4) is 5.69 Å². The van der Waals surface area contributed by atoms with Gasteiger partial charge in [0.1, 0.15) is 0 Å². The molecule has 0 aliphatic heterocycles. The first kappa shape index (κ1) is 18.5. The van der Waals surface area contributed by atoms with Crippen molar-refractivity contribution in [1.82, 2.24) is 9.13 Å². The van der Waals surface area contributed by atoms with E-state index in [1.165, 1.54) is 6.07 Å². The fourth-order valence-corrected chi connectivity index (χ4v) is 3.49. The van der Waals surface area contributed by atoms with Gasteiger partial charge in [0, 0.05) is 0 Å². The SMILES string of the molecule is Cc1ccc(Cn2c(=O)n(-c3ccc(Cl)c(Cl)c3)c(=O)c3ccccc32)cc1. The number of rotatable bonds is 3. The number of para-hydroxylation sites is 1. The van der Waals surface area contributed by atoms with Gasteiger partial charge in [0.25, 0.3) is 5.56 Å². The molecule has 140 valence electrons. The molecule has 4 rings (SSSR count). The molecule has 0 radical (unpaired) electrons. The number of halogens is 2. The van der Waals surface area contributed by atoms with Crippen molar-refractivity contribution in [1.29, 1.82) is 0 Å². The smallest absolute Gasteiger partial charge is 0.288 e. The van der Waals surface area contributed by atoms with Crippen LogP contribution in [0.15, 0.2) is 76.3 Å². The topological polar surface area (TPSA) is 44.0 Å². The molecular formula is C22H16Cl2N2O2. The molecule has 1 aromatic heterocycles. The van der Waals surface area contributed by atoms with E-state index >= 15 is 0 Å². The number of benzene rings is 3. The molecule has 0 aliphatic rings. The molecule has 0 spiro atoms. The Hall–Kier alpha value is -2.82. The Balaban J connectivity index is 2.01. The van der Waals surface area contributed by atoms with Crippen LogP contribution in [-0.2, 0) is 6.54 Å². The Kier molecular flexibility index (Phi) is 4.84. The average Bonchev–Trinajstić information content (AvgIpc) is 2.69. The standard InChI is InChI=1S/C22H16Cl2N2O2/c1-14-6-8-15(9-7-14)13-25-20-5-3-2-4-17(20)21(27)26(22(25)28)16-10-11-18(23)19(24)12-16/h2-12H,13H2,1H3. The maximum Gasteiger partial charge on any atom is 0.336 e. The van der Waals surface area contributed by atoms with E-state index in [-0.39, 0.29) is 10.6 Å². The van der Waals surface area contributed by atoms with Crippen molar-refractivity contribution in [2.45, 2.75) is 13.5 Å². The van der Waals surface area contributed by atoms with Crippen LogP contribution in [0.5, 0.6) is 0 Å². The van der Waals surface area contributed by atoms with Gasteiger partial charge in [0.2, 0.25) is 0 Å². The van der Waals surface area contributed by atoms with Gasteiger partial charge in [-0.1, -0.05) is 65.2 Å². The summed E-state index contributed by atoms with van der Waals surface area (Å²) in [6.45, 7) is 2.36. The maximum atomic E-state index is 13.3. The highest BCUT2D eigenvalue weighted by molar-refractivity contribution is 6.42. The van der Waals surface area contributed by atoms with Gasteiger partial charge in [0.15, 0.2) is 0 Å². The second-order valence-corrected chi connectivity index (χ2v) is 7.42. The minimum Gasteiger partial charge on any atom is -0.288 e. The van der Waals surface area contributed by atoms with Crippen LogP contribution in [0.2, 0.25) is 10.0 Å².